The zero-order valence-corrected chi connectivity index (χ0v) is 11.4. The van der Waals surface area contributed by atoms with Gasteiger partial charge in [-0.2, -0.15) is 0 Å². The second kappa shape index (κ2) is 4.49. The Morgan fingerprint density at radius 2 is 1.88 bits per heavy atom. The number of hydrogen-bond acceptors (Lipinski definition) is 2. The summed E-state index contributed by atoms with van der Waals surface area (Å²) in [6, 6.07) is 9.62. The molecule has 0 atom stereocenters. The Bertz CT molecular complexity index is 585. The fraction of sp³-hybridized carbons (Fsp3) is 0.214. The lowest BCUT2D eigenvalue weighted by Crippen LogP contribution is -2.11. The van der Waals surface area contributed by atoms with E-state index in [-0.39, 0.29) is 11.7 Å². The van der Waals surface area contributed by atoms with Gasteiger partial charge in [0.1, 0.15) is 0 Å². The summed E-state index contributed by atoms with van der Waals surface area (Å²) in [6.45, 7) is 3.77. The molecule has 3 heteroatoms. The van der Waals surface area contributed by atoms with Crippen LogP contribution in [0.1, 0.15) is 24.2 Å². The maximum Gasteiger partial charge on any atom is 0.168 e. The second-order valence-electron chi connectivity index (χ2n) is 4.41. The summed E-state index contributed by atoms with van der Waals surface area (Å²) >= 11 is 3.43. The summed E-state index contributed by atoms with van der Waals surface area (Å²) in [5.74, 6) is 0.0353. The lowest BCUT2D eigenvalue weighted by molar-refractivity contribution is 0.0942. The van der Waals surface area contributed by atoms with Crippen molar-refractivity contribution in [1.29, 1.82) is 0 Å². The molecule has 88 valence electrons. The monoisotopic (exact) mass is 291 g/mol. The van der Waals surface area contributed by atoms with Gasteiger partial charge in [-0.05, 0) is 29.0 Å². The zero-order chi connectivity index (χ0) is 12.6. The van der Waals surface area contributed by atoms with Crippen LogP contribution in [0.2, 0.25) is 0 Å². The lowest BCUT2D eigenvalue weighted by atomic mass is 9.94. The fourth-order valence-corrected chi connectivity index (χ4v) is 2.23. The number of fused-ring (bicyclic) bond motifs is 1. The topological polar surface area (TPSA) is 43.1 Å². The van der Waals surface area contributed by atoms with Gasteiger partial charge in [0.15, 0.2) is 5.78 Å². The van der Waals surface area contributed by atoms with Crippen molar-refractivity contribution in [1.82, 2.24) is 0 Å². The number of Topliss-reactive ketones (excluding diaryl/α,β-unsaturated/α-hetero) is 1. The van der Waals surface area contributed by atoms with Crippen LogP contribution in [-0.4, -0.2) is 5.78 Å². The molecule has 0 radical (unpaired) electrons. The highest BCUT2D eigenvalue weighted by Gasteiger charge is 2.17. The molecule has 2 rings (SSSR count). The van der Waals surface area contributed by atoms with Crippen LogP contribution in [-0.2, 0) is 0 Å². The molecule has 0 aliphatic rings. The van der Waals surface area contributed by atoms with Crippen molar-refractivity contribution in [2.24, 2.45) is 5.92 Å². The van der Waals surface area contributed by atoms with E-state index in [0.717, 1.165) is 15.2 Å². The minimum Gasteiger partial charge on any atom is -0.398 e. The Morgan fingerprint density at radius 3 is 2.53 bits per heavy atom. The Labute approximate surface area is 109 Å². The predicted molar refractivity (Wildman–Crippen MR) is 75.2 cm³/mol. The fourth-order valence-electron chi connectivity index (χ4n) is 1.87. The van der Waals surface area contributed by atoms with E-state index in [2.05, 4.69) is 15.9 Å². The minimum atomic E-state index is -0.0538. The molecule has 0 aliphatic carbocycles. The van der Waals surface area contributed by atoms with Crippen LogP contribution in [0, 0.1) is 5.92 Å². The molecule has 0 aliphatic heterocycles. The van der Waals surface area contributed by atoms with Gasteiger partial charge in [-0.25, -0.2) is 0 Å². The van der Waals surface area contributed by atoms with Crippen molar-refractivity contribution in [2.45, 2.75) is 13.8 Å². The van der Waals surface area contributed by atoms with Crippen molar-refractivity contribution in [3.8, 4) is 0 Å². The van der Waals surface area contributed by atoms with Gasteiger partial charge < -0.3 is 5.73 Å². The highest BCUT2D eigenvalue weighted by Crippen LogP contribution is 2.29. The molecular weight excluding hydrogens is 278 g/mol. The molecule has 0 fully saturated rings. The van der Waals surface area contributed by atoms with E-state index in [4.69, 9.17) is 5.73 Å². The van der Waals surface area contributed by atoms with E-state index in [0.29, 0.717) is 11.3 Å². The van der Waals surface area contributed by atoms with E-state index in [1.165, 1.54) is 0 Å². The van der Waals surface area contributed by atoms with E-state index in [1.54, 1.807) is 6.07 Å². The molecule has 0 aromatic heterocycles. The number of benzene rings is 2. The van der Waals surface area contributed by atoms with Gasteiger partial charge in [-0.15, -0.1) is 0 Å². The molecule has 2 N–H and O–H groups in total. The first kappa shape index (κ1) is 12.1. The molecular formula is C14H14BrNO. The first-order valence-electron chi connectivity index (χ1n) is 5.52. The maximum atomic E-state index is 12.2. The summed E-state index contributed by atoms with van der Waals surface area (Å²) < 4.78 is 0.952. The summed E-state index contributed by atoms with van der Waals surface area (Å²) in [7, 11) is 0. The number of carbonyl (C=O) groups is 1. The van der Waals surface area contributed by atoms with Crippen LogP contribution in [0.15, 0.2) is 34.8 Å². The Balaban J connectivity index is 2.79. The maximum absolute atomic E-state index is 12.2. The number of rotatable bonds is 2. The van der Waals surface area contributed by atoms with Crippen molar-refractivity contribution in [3.05, 3.63) is 40.4 Å². The summed E-state index contributed by atoms with van der Waals surface area (Å²) in [4.78, 5) is 12.2. The number of nitrogen functional groups attached to an aromatic ring is 1. The van der Waals surface area contributed by atoms with E-state index < -0.39 is 0 Å². The van der Waals surface area contributed by atoms with Gasteiger partial charge in [0.25, 0.3) is 0 Å². The second-order valence-corrected chi connectivity index (χ2v) is 5.33. The third-order valence-electron chi connectivity index (χ3n) is 2.79. The SMILES string of the molecule is CC(C)C(=O)c1c(N)ccc2ccc(Br)cc12. The van der Waals surface area contributed by atoms with E-state index >= 15 is 0 Å². The molecule has 2 aromatic rings. The lowest BCUT2D eigenvalue weighted by Gasteiger charge is -2.11. The standard InChI is InChI=1S/C14H14BrNO/c1-8(2)14(17)13-11-7-10(15)5-3-9(11)4-6-12(13)16/h3-8H,16H2,1-2H3. The first-order chi connectivity index (χ1) is 8.00. The highest BCUT2D eigenvalue weighted by atomic mass is 79.9. The van der Waals surface area contributed by atoms with E-state index in [1.807, 2.05) is 38.1 Å². The first-order valence-corrected chi connectivity index (χ1v) is 6.32. The van der Waals surface area contributed by atoms with Gasteiger partial charge in [0.2, 0.25) is 0 Å². The number of nitrogens with two attached hydrogens (primary N) is 1. The molecule has 0 spiro atoms. The van der Waals surface area contributed by atoms with Crippen LogP contribution in [0.3, 0.4) is 0 Å². The van der Waals surface area contributed by atoms with E-state index in [9.17, 15) is 4.79 Å². The predicted octanol–water partition coefficient (Wildman–Crippen LogP) is 4.02. The number of anilines is 1. The molecule has 2 nitrogen and oxygen atoms in total. The normalized spacial score (nSPS) is 11.1. The third-order valence-corrected chi connectivity index (χ3v) is 3.28. The summed E-state index contributed by atoms with van der Waals surface area (Å²) in [5.41, 5.74) is 7.13. The molecule has 0 amide bonds. The Morgan fingerprint density at radius 1 is 1.24 bits per heavy atom. The van der Waals surface area contributed by atoms with Crippen LogP contribution in [0.5, 0.6) is 0 Å². The van der Waals surface area contributed by atoms with Gasteiger partial charge >= 0.3 is 0 Å². The van der Waals surface area contributed by atoms with Crippen molar-refractivity contribution in [3.63, 3.8) is 0 Å². The molecule has 0 saturated carbocycles. The highest BCUT2D eigenvalue weighted by molar-refractivity contribution is 9.10. The molecule has 0 saturated heterocycles. The third kappa shape index (κ3) is 2.20. The minimum absolute atomic E-state index is 0.0538. The molecule has 2 aromatic carbocycles. The van der Waals surface area contributed by atoms with Gasteiger partial charge in [-0.3, -0.25) is 4.79 Å². The number of hydrogen-bond donors (Lipinski definition) is 1. The Hall–Kier alpha value is -1.35. The number of ketones is 1. The molecule has 17 heavy (non-hydrogen) atoms. The smallest absolute Gasteiger partial charge is 0.168 e. The van der Waals surface area contributed by atoms with Crippen molar-refractivity contribution in [2.75, 3.05) is 5.73 Å². The van der Waals surface area contributed by atoms with Crippen molar-refractivity contribution >= 4 is 38.2 Å². The van der Waals surface area contributed by atoms with Gasteiger partial charge in [-0.1, -0.05) is 41.9 Å². The molecule has 0 bridgehead atoms. The van der Waals surface area contributed by atoms with Crippen LogP contribution >= 0.6 is 15.9 Å². The largest absolute Gasteiger partial charge is 0.398 e. The van der Waals surface area contributed by atoms with Crippen LogP contribution in [0.25, 0.3) is 10.8 Å². The van der Waals surface area contributed by atoms with Crippen LogP contribution in [0.4, 0.5) is 5.69 Å². The molecule has 0 unspecified atom stereocenters. The Kier molecular flexibility index (Phi) is 3.20. The molecule has 0 heterocycles. The van der Waals surface area contributed by atoms with Crippen LogP contribution < -0.4 is 5.73 Å². The number of carbonyl (C=O) groups excluding carboxylic acids is 1. The number of halogens is 1. The zero-order valence-electron chi connectivity index (χ0n) is 9.83. The average molecular weight is 292 g/mol. The van der Waals surface area contributed by atoms with Gasteiger partial charge in [0.05, 0.1) is 0 Å². The summed E-state index contributed by atoms with van der Waals surface area (Å²) in [6.07, 6.45) is 0. The van der Waals surface area contributed by atoms with Crippen molar-refractivity contribution < 1.29 is 4.79 Å². The van der Waals surface area contributed by atoms with Gasteiger partial charge in [0, 0.05) is 21.6 Å². The quantitative estimate of drug-likeness (QED) is 0.671. The average Bonchev–Trinajstić information content (AvgIpc) is 2.27. The summed E-state index contributed by atoms with van der Waals surface area (Å²) in [5, 5.41) is 1.95.